The lowest BCUT2D eigenvalue weighted by atomic mass is 10.0. The van der Waals surface area contributed by atoms with Crippen LogP contribution in [0.3, 0.4) is 0 Å². The van der Waals surface area contributed by atoms with Gasteiger partial charge in [0.2, 0.25) is 0 Å². The summed E-state index contributed by atoms with van der Waals surface area (Å²) in [5.41, 5.74) is 1.63. The van der Waals surface area contributed by atoms with E-state index in [4.69, 9.17) is 4.74 Å². The molecule has 0 aromatic heterocycles. The fourth-order valence-corrected chi connectivity index (χ4v) is 3.48. The first kappa shape index (κ1) is 18.4. The van der Waals surface area contributed by atoms with E-state index in [9.17, 15) is 9.18 Å². The summed E-state index contributed by atoms with van der Waals surface area (Å²) >= 11 is 0. The summed E-state index contributed by atoms with van der Waals surface area (Å²) in [6, 6.07) is 15.0. The number of piperidine rings is 1. The van der Waals surface area contributed by atoms with Crippen molar-refractivity contribution in [3.05, 3.63) is 65.5 Å². The Labute approximate surface area is 154 Å². The molecule has 1 unspecified atom stereocenters. The average Bonchev–Trinajstić information content (AvgIpc) is 2.68. The molecule has 0 N–H and O–H groups in total. The first-order valence-electron chi connectivity index (χ1n) is 8.95. The summed E-state index contributed by atoms with van der Waals surface area (Å²) in [5, 5.41) is 0. The smallest absolute Gasteiger partial charge is 0.254 e. The van der Waals surface area contributed by atoms with Crippen LogP contribution >= 0.6 is 0 Å². The minimum atomic E-state index is -0.506. The number of likely N-dealkylation sites (N-methyl/N-ethyl adjacent to an activating group) is 1. The molecule has 1 amide bonds. The standard InChI is InChI=1S/C21H25FN2O2/c1-23(14-16-7-4-3-5-8-16)18-9-6-12-24(15-18)21(25)17-10-11-20(26-2)19(22)13-17/h3-5,7-8,10-11,13,18H,6,9,12,14-15H2,1-2H3. The van der Waals surface area contributed by atoms with E-state index in [1.54, 1.807) is 6.07 Å². The lowest BCUT2D eigenvalue weighted by Gasteiger charge is -2.37. The quantitative estimate of drug-likeness (QED) is 0.821. The molecule has 4 nitrogen and oxygen atoms in total. The molecule has 1 aliphatic rings. The summed E-state index contributed by atoms with van der Waals surface area (Å²) in [6.07, 6.45) is 2.01. The van der Waals surface area contributed by atoms with Crippen molar-refractivity contribution in [2.24, 2.45) is 0 Å². The number of hydrogen-bond donors (Lipinski definition) is 0. The molecule has 0 aliphatic carbocycles. The molecule has 2 aromatic rings. The fraction of sp³-hybridized carbons (Fsp3) is 0.381. The molecule has 1 atom stereocenters. The maximum absolute atomic E-state index is 13.9. The molecular weight excluding hydrogens is 331 g/mol. The average molecular weight is 356 g/mol. The van der Waals surface area contributed by atoms with Crippen LogP contribution in [0.25, 0.3) is 0 Å². The van der Waals surface area contributed by atoms with E-state index in [-0.39, 0.29) is 11.7 Å². The van der Waals surface area contributed by atoms with Crippen LogP contribution < -0.4 is 4.74 Å². The zero-order valence-corrected chi connectivity index (χ0v) is 15.3. The molecule has 1 saturated heterocycles. The van der Waals surface area contributed by atoms with Crippen molar-refractivity contribution in [3.8, 4) is 5.75 Å². The second-order valence-corrected chi connectivity index (χ2v) is 6.80. The summed E-state index contributed by atoms with van der Waals surface area (Å²) in [6.45, 7) is 2.22. The normalized spacial score (nSPS) is 17.4. The van der Waals surface area contributed by atoms with Gasteiger partial charge in [-0.05, 0) is 43.7 Å². The predicted octanol–water partition coefficient (Wildman–Crippen LogP) is 3.57. The number of hydrogen-bond acceptors (Lipinski definition) is 3. The highest BCUT2D eigenvalue weighted by atomic mass is 19.1. The van der Waals surface area contributed by atoms with E-state index < -0.39 is 5.82 Å². The van der Waals surface area contributed by atoms with Gasteiger partial charge in [-0.25, -0.2) is 4.39 Å². The first-order chi connectivity index (χ1) is 12.6. The minimum Gasteiger partial charge on any atom is -0.494 e. The van der Waals surface area contributed by atoms with Crippen LogP contribution in [0, 0.1) is 5.82 Å². The monoisotopic (exact) mass is 356 g/mol. The fourth-order valence-electron chi connectivity index (χ4n) is 3.48. The Kier molecular flexibility index (Phi) is 5.89. The third kappa shape index (κ3) is 4.22. The number of rotatable bonds is 5. The molecular formula is C21H25FN2O2. The number of likely N-dealkylation sites (tertiary alicyclic amines) is 1. The summed E-state index contributed by atoms with van der Waals surface area (Å²) in [5.74, 6) is -0.474. The zero-order valence-electron chi connectivity index (χ0n) is 15.3. The minimum absolute atomic E-state index is 0.121. The van der Waals surface area contributed by atoms with Gasteiger partial charge in [-0.1, -0.05) is 30.3 Å². The number of carbonyl (C=O) groups excluding carboxylic acids is 1. The number of methoxy groups -OCH3 is 1. The van der Waals surface area contributed by atoms with Crippen LogP contribution in [0.4, 0.5) is 4.39 Å². The lowest BCUT2D eigenvalue weighted by molar-refractivity contribution is 0.0601. The molecule has 26 heavy (non-hydrogen) atoms. The Hall–Kier alpha value is -2.40. The van der Waals surface area contributed by atoms with Gasteiger partial charge in [0.05, 0.1) is 7.11 Å². The lowest BCUT2D eigenvalue weighted by Crippen LogP contribution is -2.48. The Morgan fingerprint density at radius 3 is 2.73 bits per heavy atom. The van der Waals surface area contributed by atoms with Crippen molar-refractivity contribution in [2.45, 2.75) is 25.4 Å². The van der Waals surface area contributed by atoms with Gasteiger partial charge in [0.25, 0.3) is 5.91 Å². The largest absolute Gasteiger partial charge is 0.494 e. The molecule has 1 heterocycles. The van der Waals surface area contributed by atoms with E-state index in [0.717, 1.165) is 19.4 Å². The van der Waals surface area contributed by atoms with E-state index in [1.807, 2.05) is 23.1 Å². The van der Waals surface area contributed by atoms with Crippen molar-refractivity contribution in [1.82, 2.24) is 9.80 Å². The van der Waals surface area contributed by atoms with Crippen LogP contribution in [0.15, 0.2) is 48.5 Å². The third-order valence-electron chi connectivity index (χ3n) is 4.98. The molecule has 0 spiro atoms. The van der Waals surface area contributed by atoms with Crippen LogP contribution in [0.1, 0.15) is 28.8 Å². The number of ether oxygens (including phenoxy) is 1. The van der Waals surface area contributed by atoms with E-state index in [0.29, 0.717) is 24.7 Å². The highest BCUT2D eigenvalue weighted by Crippen LogP contribution is 2.22. The maximum Gasteiger partial charge on any atom is 0.254 e. The van der Waals surface area contributed by atoms with Gasteiger partial charge in [-0.2, -0.15) is 0 Å². The van der Waals surface area contributed by atoms with Gasteiger partial charge in [0.1, 0.15) is 0 Å². The highest BCUT2D eigenvalue weighted by Gasteiger charge is 2.27. The van der Waals surface area contributed by atoms with Gasteiger partial charge >= 0.3 is 0 Å². The van der Waals surface area contributed by atoms with Crippen LogP contribution in [-0.4, -0.2) is 49.0 Å². The number of nitrogens with zero attached hydrogens (tertiary/aromatic N) is 2. The zero-order chi connectivity index (χ0) is 18.5. The summed E-state index contributed by atoms with van der Waals surface area (Å²) in [7, 11) is 3.51. The second kappa shape index (κ2) is 8.32. The Bertz CT molecular complexity index is 751. The SMILES string of the molecule is COc1ccc(C(=O)N2CCCC(N(C)Cc3ccccc3)C2)cc1F. The van der Waals surface area contributed by atoms with Crippen molar-refractivity contribution in [2.75, 3.05) is 27.2 Å². The molecule has 0 saturated carbocycles. The van der Waals surface area contributed by atoms with Crippen molar-refractivity contribution >= 4 is 5.91 Å². The molecule has 0 bridgehead atoms. The third-order valence-corrected chi connectivity index (χ3v) is 4.98. The Morgan fingerprint density at radius 1 is 1.27 bits per heavy atom. The molecule has 3 rings (SSSR count). The van der Waals surface area contributed by atoms with Crippen LogP contribution in [0.2, 0.25) is 0 Å². The van der Waals surface area contributed by atoms with E-state index in [2.05, 4.69) is 24.1 Å². The topological polar surface area (TPSA) is 32.8 Å². The van der Waals surface area contributed by atoms with Gasteiger partial charge in [-0.15, -0.1) is 0 Å². The van der Waals surface area contributed by atoms with E-state index >= 15 is 0 Å². The van der Waals surface area contributed by atoms with Crippen molar-refractivity contribution in [3.63, 3.8) is 0 Å². The molecule has 1 aliphatic heterocycles. The van der Waals surface area contributed by atoms with Crippen LogP contribution in [0.5, 0.6) is 5.75 Å². The van der Waals surface area contributed by atoms with E-state index in [1.165, 1.54) is 24.8 Å². The van der Waals surface area contributed by atoms with Gasteiger partial charge in [0.15, 0.2) is 11.6 Å². The van der Waals surface area contributed by atoms with Crippen LogP contribution in [-0.2, 0) is 6.54 Å². The number of benzene rings is 2. The predicted molar refractivity (Wildman–Crippen MR) is 99.8 cm³/mol. The maximum atomic E-state index is 13.9. The van der Waals surface area contributed by atoms with Gasteiger partial charge < -0.3 is 9.64 Å². The Balaban J connectivity index is 1.65. The summed E-state index contributed by atoms with van der Waals surface area (Å²) < 4.78 is 18.8. The molecule has 0 radical (unpaired) electrons. The summed E-state index contributed by atoms with van der Waals surface area (Å²) in [4.78, 5) is 16.9. The molecule has 5 heteroatoms. The number of halogens is 1. The highest BCUT2D eigenvalue weighted by molar-refractivity contribution is 5.94. The van der Waals surface area contributed by atoms with Crippen molar-refractivity contribution in [1.29, 1.82) is 0 Å². The van der Waals surface area contributed by atoms with Crippen molar-refractivity contribution < 1.29 is 13.9 Å². The van der Waals surface area contributed by atoms with Gasteiger partial charge in [0, 0.05) is 31.2 Å². The second-order valence-electron chi connectivity index (χ2n) is 6.80. The Morgan fingerprint density at radius 2 is 2.04 bits per heavy atom. The molecule has 1 fully saturated rings. The van der Waals surface area contributed by atoms with Gasteiger partial charge in [-0.3, -0.25) is 9.69 Å². The number of amides is 1. The number of carbonyl (C=O) groups is 1. The first-order valence-corrected chi connectivity index (χ1v) is 8.95. The molecule has 2 aromatic carbocycles. The molecule has 138 valence electrons.